The minimum Gasteiger partial charge on any atom is -0.477 e. The van der Waals surface area contributed by atoms with Crippen LogP contribution in [0.5, 0.6) is 0 Å². The highest BCUT2D eigenvalue weighted by molar-refractivity contribution is 8.00. The van der Waals surface area contributed by atoms with E-state index in [1.165, 1.54) is 30.2 Å². The lowest BCUT2D eigenvalue weighted by atomic mass is 9.99. The number of pyridine rings is 1. The minimum absolute atomic E-state index is 0.0937. The quantitative estimate of drug-likeness (QED) is 0.0794. The molecule has 0 spiro atoms. The van der Waals surface area contributed by atoms with Crippen LogP contribution in [0.3, 0.4) is 0 Å². The molecular weight excluding hydrogens is 607 g/mol. The first-order valence-corrected chi connectivity index (χ1v) is 14.4. The molecule has 3 atom stereocenters. The summed E-state index contributed by atoms with van der Waals surface area (Å²) in [6, 6.07) is 4.89. The number of thiocarbonyl (C=S) groups is 1. The van der Waals surface area contributed by atoms with Gasteiger partial charge in [0.05, 0.1) is 11.5 Å². The van der Waals surface area contributed by atoms with Crippen LogP contribution in [-0.4, -0.2) is 76.0 Å². The Labute approximate surface area is 250 Å². The number of hydrogen-bond acceptors (Lipinski definition) is 12. The smallest absolute Gasteiger partial charge is 0.353 e. The zero-order valence-electron chi connectivity index (χ0n) is 21.3. The van der Waals surface area contributed by atoms with Crippen molar-refractivity contribution in [1.82, 2.24) is 30.7 Å². The van der Waals surface area contributed by atoms with Gasteiger partial charge in [-0.2, -0.15) is 0 Å². The molecule has 14 nitrogen and oxygen atoms in total. The number of amides is 3. The van der Waals surface area contributed by atoms with Crippen molar-refractivity contribution < 1.29 is 29.4 Å². The molecule has 5 rings (SSSR count). The third-order valence-corrected chi connectivity index (χ3v) is 9.16. The Morgan fingerprint density at radius 3 is 2.69 bits per heavy atom. The fourth-order valence-corrected chi connectivity index (χ4v) is 6.86. The van der Waals surface area contributed by atoms with Gasteiger partial charge in [0.25, 0.3) is 11.8 Å². The molecule has 2 unspecified atom stereocenters. The van der Waals surface area contributed by atoms with Gasteiger partial charge in [-0.05, 0) is 17.7 Å². The number of anilines is 1. The van der Waals surface area contributed by atoms with Crippen molar-refractivity contribution in [3.63, 3.8) is 0 Å². The van der Waals surface area contributed by atoms with E-state index in [2.05, 4.69) is 25.8 Å². The number of rotatable bonds is 9. The van der Waals surface area contributed by atoms with Crippen molar-refractivity contribution in [3.05, 3.63) is 85.4 Å². The summed E-state index contributed by atoms with van der Waals surface area (Å²) in [5, 5.41) is 31.9. The van der Waals surface area contributed by atoms with Gasteiger partial charge in [-0.1, -0.05) is 35.7 Å². The lowest BCUT2D eigenvalue weighted by Crippen LogP contribution is -2.71. The van der Waals surface area contributed by atoms with Gasteiger partial charge in [0.15, 0.2) is 10.4 Å². The van der Waals surface area contributed by atoms with Crippen LogP contribution in [0.4, 0.5) is 5.69 Å². The first-order chi connectivity index (χ1) is 20.1. The number of aliphatic hydroxyl groups is 1. The van der Waals surface area contributed by atoms with Gasteiger partial charge in [0.1, 0.15) is 33.7 Å². The van der Waals surface area contributed by atoms with E-state index in [-0.39, 0.29) is 39.1 Å². The summed E-state index contributed by atoms with van der Waals surface area (Å²) in [7, 11) is 0. The topological polar surface area (TPSA) is 221 Å². The first kappa shape index (κ1) is 29.1. The molecule has 0 radical (unpaired) electrons. The van der Waals surface area contributed by atoms with Gasteiger partial charge >= 0.3 is 5.97 Å². The maximum absolute atomic E-state index is 13.5. The number of H-pyrrole nitrogens is 1. The number of carbonyl (C=O) groups excluding carboxylic acids is 3. The molecular formula is C25H21N7O7S3. The fraction of sp³-hybridized carbons (Fsp3) is 0.200. The van der Waals surface area contributed by atoms with Crippen LogP contribution in [0.15, 0.2) is 58.8 Å². The summed E-state index contributed by atoms with van der Waals surface area (Å²) in [6.45, 7) is -0.354. The highest BCUT2D eigenvalue weighted by Crippen LogP contribution is 2.41. The van der Waals surface area contributed by atoms with Crippen LogP contribution in [0.1, 0.15) is 32.0 Å². The van der Waals surface area contributed by atoms with Gasteiger partial charge in [0.2, 0.25) is 5.91 Å². The summed E-state index contributed by atoms with van der Waals surface area (Å²) in [4.78, 5) is 67.9. The number of benzene rings is 1. The number of carboxylic acids is 1. The maximum Gasteiger partial charge on any atom is 0.353 e. The summed E-state index contributed by atoms with van der Waals surface area (Å²) in [5.41, 5.74) is 5.57. The molecule has 216 valence electrons. The summed E-state index contributed by atoms with van der Waals surface area (Å²) in [5.74, 6) is -3.58. The number of hydrogen-bond donors (Lipinski definition) is 6. The van der Waals surface area contributed by atoms with Crippen molar-refractivity contribution in [1.29, 1.82) is 0 Å². The molecule has 2 aliphatic rings. The minimum atomic E-state index is -1.39. The second-order valence-corrected chi connectivity index (χ2v) is 11.6. The number of nitrogen functional groups attached to an aromatic ring is 1. The number of aliphatic hydroxyl groups excluding tert-OH is 1. The van der Waals surface area contributed by atoms with Crippen molar-refractivity contribution in [2.24, 2.45) is 0 Å². The number of thioether (sulfide) groups is 1. The van der Waals surface area contributed by atoms with E-state index >= 15 is 0 Å². The molecule has 2 aliphatic heterocycles. The molecule has 3 aromatic rings. The number of nitrogens with two attached hydrogens (primary N) is 1. The van der Waals surface area contributed by atoms with Gasteiger partial charge in [-0.15, -0.1) is 22.0 Å². The SMILES string of the molecule is Nc1cccc(C(NC(=O)c2c[nH]ccc2=O)C(=O)NC2C(=O)N3C(C(=O)O)=C(C(=S)c4nnc(CO)s4)CS[C@@H]23)c1. The van der Waals surface area contributed by atoms with Crippen molar-refractivity contribution in [3.8, 4) is 0 Å². The third kappa shape index (κ3) is 5.41. The number of fused-ring (bicyclic) bond motifs is 1. The Kier molecular flexibility index (Phi) is 8.17. The second kappa shape index (κ2) is 11.8. The Morgan fingerprint density at radius 1 is 1.24 bits per heavy atom. The number of aliphatic carboxylic acids is 1. The first-order valence-electron chi connectivity index (χ1n) is 12.1. The standard InChI is InChI=1S/C25H21N7O7S3/c26-11-3-1-2-10(6-11)16(28-20(35)12-7-27-5-4-14(12)34)21(36)29-17-23(37)32-18(25(38)39)13(9-41-24(17)32)19(40)22-31-30-15(8-33)42-22/h1-7,16-17,24,33H,8-9,26H2,(H,27,34)(H,28,35)(H,29,36)(H,38,39)/t16?,17?,24-/m0/s1. The summed E-state index contributed by atoms with van der Waals surface area (Å²) in [6.07, 6.45) is 2.56. The van der Waals surface area contributed by atoms with E-state index in [1.807, 2.05) is 0 Å². The lowest BCUT2D eigenvalue weighted by Gasteiger charge is -2.49. The molecule has 4 heterocycles. The largest absolute Gasteiger partial charge is 0.477 e. The Morgan fingerprint density at radius 2 is 2.02 bits per heavy atom. The monoisotopic (exact) mass is 627 g/mol. The van der Waals surface area contributed by atoms with Crippen LogP contribution < -0.4 is 21.8 Å². The highest BCUT2D eigenvalue weighted by Gasteiger charge is 2.55. The number of aromatic amines is 1. The molecule has 1 saturated heterocycles. The van der Waals surface area contributed by atoms with Crippen LogP contribution in [0, 0.1) is 0 Å². The Balaban J connectivity index is 1.39. The van der Waals surface area contributed by atoms with E-state index in [0.29, 0.717) is 16.3 Å². The predicted molar refractivity (Wildman–Crippen MR) is 155 cm³/mol. The molecule has 3 amide bonds. The van der Waals surface area contributed by atoms with Gasteiger partial charge in [-0.3, -0.25) is 24.1 Å². The fourth-order valence-electron chi connectivity index (χ4n) is 4.41. The highest BCUT2D eigenvalue weighted by atomic mass is 32.2. The van der Waals surface area contributed by atoms with E-state index in [0.717, 1.165) is 22.3 Å². The summed E-state index contributed by atoms with van der Waals surface area (Å²) < 4.78 is 0. The molecule has 0 bridgehead atoms. The number of carboxylic acid groups (broad SMARTS) is 1. The van der Waals surface area contributed by atoms with Gasteiger partial charge in [0, 0.05) is 35.5 Å². The van der Waals surface area contributed by atoms with E-state index in [1.54, 1.807) is 18.2 Å². The second-order valence-electron chi connectivity index (χ2n) is 9.02. The van der Waals surface area contributed by atoms with Crippen molar-refractivity contribution >= 4 is 69.6 Å². The van der Waals surface area contributed by atoms with Gasteiger partial charge in [-0.25, -0.2) is 4.79 Å². The van der Waals surface area contributed by atoms with E-state index in [9.17, 15) is 34.2 Å². The summed E-state index contributed by atoms with van der Waals surface area (Å²) >= 11 is 7.65. The predicted octanol–water partition coefficient (Wildman–Crippen LogP) is -0.0712. The Hall–Kier alpha value is -4.45. The molecule has 42 heavy (non-hydrogen) atoms. The molecule has 1 fully saturated rings. The Bertz CT molecular complexity index is 1720. The number of nitrogens with zero attached hydrogens (tertiary/aromatic N) is 3. The molecule has 7 N–H and O–H groups in total. The molecule has 17 heteroatoms. The van der Waals surface area contributed by atoms with Crippen LogP contribution in [0.2, 0.25) is 0 Å². The van der Waals surface area contributed by atoms with Gasteiger partial charge < -0.3 is 31.6 Å². The zero-order chi connectivity index (χ0) is 30.1. The molecule has 0 aliphatic carbocycles. The van der Waals surface area contributed by atoms with Crippen LogP contribution >= 0.6 is 35.3 Å². The normalized spacial score (nSPS) is 18.5. The van der Waals surface area contributed by atoms with E-state index < -0.39 is 46.6 Å². The van der Waals surface area contributed by atoms with E-state index in [4.69, 9.17) is 18.0 Å². The molecule has 2 aromatic heterocycles. The maximum atomic E-state index is 13.5. The number of aromatic nitrogens is 3. The average Bonchev–Trinajstić information content (AvgIpc) is 3.47. The number of nitrogens with one attached hydrogen (secondary N) is 3. The lowest BCUT2D eigenvalue weighted by molar-refractivity contribution is -0.150. The average molecular weight is 628 g/mol. The van der Waals surface area contributed by atoms with Crippen molar-refractivity contribution in [2.45, 2.75) is 24.1 Å². The molecule has 0 saturated carbocycles. The molecule has 1 aromatic carbocycles. The van der Waals surface area contributed by atoms with Crippen LogP contribution in [-0.2, 0) is 21.0 Å². The zero-order valence-corrected chi connectivity index (χ0v) is 23.7. The van der Waals surface area contributed by atoms with Crippen LogP contribution in [0.25, 0.3) is 0 Å². The third-order valence-electron chi connectivity index (χ3n) is 6.39. The van der Waals surface area contributed by atoms with Crippen molar-refractivity contribution in [2.75, 3.05) is 11.5 Å². The number of carbonyl (C=O) groups is 4. The number of β-lactam (4-membered cyclic amide) rings is 1.